The second-order valence-corrected chi connectivity index (χ2v) is 4.20. The van der Waals surface area contributed by atoms with E-state index < -0.39 is 6.36 Å². The Balaban J connectivity index is 1.75. The summed E-state index contributed by atoms with van der Waals surface area (Å²) in [7, 11) is 0. The first-order valence-electron chi connectivity index (χ1n) is 5.96. The van der Waals surface area contributed by atoms with Crippen molar-refractivity contribution in [2.45, 2.75) is 6.36 Å². The molecule has 7 heteroatoms. The summed E-state index contributed by atoms with van der Waals surface area (Å²) in [4.78, 5) is 7.02. The van der Waals surface area contributed by atoms with Crippen LogP contribution in [-0.4, -0.2) is 16.3 Å². The zero-order chi connectivity index (χ0) is 14.9. The number of H-pyrrole nitrogens is 1. The number of imidazole rings is 1. The molecule has 1 aromatic heterocycles. The highest BCUT2D eigenvalue weighted by Crippen LogP contribution is 2.28. The maximum absolute atomic E-state index is 12.0. The van der Waals surface area contributed by atoms with Crippen molar-refractivity contribution in [3.8, 4) is 17.2 Å². The summed E-state index contributed by atoms with van der Waals surface area (Å²) in [5.41, 5.74) is 1.61. The summed E-state index contributed by atoms with van der Waals surface area (Å²) in [5.74, 6) is 0.665. The van der Waals surface area contributed by atoms with Gasteiger partial charge in [-0.05, 0) is 36.4 Å². The van der Waals surface area contributed by atoms with Crippen LogP contribution in [0.25, 0.3) is 11.0 Å². The predicted molar refractivity (Wildman–Crippen MR) is 69.3 cm³/mol. The Kier molecular flexibility index (Phi) is 3.17. The lowest BCUT2D eigenvalue weighted by Gasteiger charge is -2.10. The number of rotatable bonds is 3. The third-order valence-electron chi connectivity index (χ3n) is 2.68. The molecule has 0 fully saturated rings. The minimum atomic E-state index is -4.70. The molecule has 108 valence electrons. The van der Waals surface area contributed by atoms with E-state index in [0.29, 0.717) is 11.5 Å². The first-order valence-corrected chi connectivity index (χ1v) is 5.96. The number of benzene rings is 2. The van der Waals surface area contributed by atoms with Crippen LogP contribution in [0.15, 0.2) is 48.8 Å². The number of halogens is 3. The summed E-state index contributed by atoms with van der Waals surface area (Å²) < 4.78 is 45.5. The monoisotopic (exact) mass is 294 g/mol. The van der Waals surface area contributed by atoms with Crippen molar-refractivity contribution in [3.63, 3.8) is 0 Å². The van der Waals surface area contributed by atoms with E-state index in [2.05, 4.69) is 14.7 Å². The Morgan fingerprint density at radius 2 is 1.57 bits per heavy atom. The number of nitrogens with zero attached hydrogens (tertiary/aromatic N) is 1. The van der Waals surface area contributed by atoms with Crippen molar-refractivity contribution in [1.82, 2.24) is 9.97 Å². The molecular formula is C14H9F3N2O2. The van der Waals surface area contributed by atoms with Gasteiger partial charge in [-0.15, -0.1) is 13.2 Å². The van der Waals surface area contributed by atoms with E-state index in [4.69, 9.17) is 4.74 Å². The average molecular weight is 294 g/mol. The van der Waals surface area contributed by atoms with E-state index in [1.807, 2.05) is 0 Å². The molecule has 4 nitrogen and oxygen atoms in total. The zero-order valence-corrected chi connectivity index (χ0v) is 10.5. The highest BCUT2D eigenvalue weighted by atomic mass is 19.4. The van der Waals surface area contributed by atoms with E-state index >= 15 is 0 Å². The van der Waals surface area contributed by atoms with Gasteiger partial charge in [0.05, 0.1) is 17.4 Å². The third-order valence-corrected chi connectivity index (χ3v) is 2.68. The fourth-order valence-corrected chi connectivity index (χ4v) is 1.82. The number of hydrogen-bond acceptors (Lipinski definition) is 3. The van der Waals surface area contributed by atoms with Crippen molar-refractivity contribution < 1.29 is 22.6 Å². The van der Waals surface area contributed by atoms with Gasteiger partial charge in [-0.2, -0.15) is 0 Å². The molecule has 0 aliphatic rings. The maximum atomic E-state index is 12.0. The van der Waals surface area contributed by atoms with Crippen LogP contribution in [0.1, 0.15) is 0 Å². The van der Waals surface area contributed by atoms with Crippen molar-refractivity contribution in [2.75, 3.05) is 0 Å². The van der Waals surface area contributed by atoms with Gasteiger partial charge in [-0.25, -0.2) is 4.98 Å². The van der Waals surface area contributed by atoms with E-state index in [1.165, 1.54) is 24.3 Å². The first-order chi connectivity index (χ1) is 9.99. The lowest BCUT2D eigenvalue weighted by atomic mass is 10.3. The van der Waals surface area contributed by atoms with Gasteiger partial charge >= 0.3 is 6.36 Å². The highest BCUT2D eigenvalue weighted by Gasteiger charge is 2.30. The summed E-state index contributed by atoms with van der Waals surface area (Å²) in [6, 6.07) is 10.4. The second kappa shape index (κ2) is 5.01. The number of aromatic nitrogens is 2. The number of nitrogens with one attached hydrogen (secondary N) is 1. The number of alkyl halides is 3. The minimum absolute atomic E-state index is 0.293. The normalized spacial score (nSPS) is 11.6. The van der Waals surface area contributed by atoms with E-state index in [9.17, 15) is 13.2 Å². The fourth-order valence-electron chi connectivity index (χ4n) is 1.82. The van der Waals surface area contributed by atoms with Crippen LogP contribution in [0.2, 0.25) is 0 Å². The highest BCUT2D eigenvalue weighted by molar-refractivity contribution is 5.76. The van der Waals surface area contributed by atoms with Crippen LogP contribution in [0.4, 0.5) is 13.2 Å². The van der Waals surface area contributed by atoms with Crippen molar-refractivity contribution in [1.29, 1.82) is 0 Å². The van der Waals surface area contributed by atoms with Crippen LogP contribution < -0.4 is 9.47 Å². The maximum Gasteiger partial charge on any atom is 0.573 e. The first kappa shape index (κ1) is 13.3. The smallest absolute Gasteiger partial charge is 0.457 e. The molecule has 0 radical (unpaired) electrons. The Morgan fingerprint density at radius 1 is 0.905 bits per heavy atom. The van der Waals surface area contributed by atoms with Crippen LogP contribution in [-0.2, 0) is 0 Å². The number of aromatic amines is 1. The molecule has 0 bridgehead atoms. The zero-order valence-electron chi connectivity index (χ0n) is 10.5. The van der Waals surface area contributed by atoms with Gasteiger partial charge in [0.15, 0.2) is 0 Å². The molecule has 2 aromatic carbocycles. The molecule has 0 aliphatic heterocycles. The van der Waals surface area contributed by atoms with E-state index in [1.54, 1.807) is 24.5 Å². The van der Waals surface area contributed by atoms with Crippen LogP contribution >= 0.6 is 0 Å². The summed E-state index contributed by atoms with van der Waals surface area (Å²) in [6.45, 7) is 0. The van der Waals surface area contributed by atoms with Gasteiger partial charge in [0, 0.05) is 6.07 Å². The predicted octanol–water partition coefficient (Wildman–Crippen LogP) is 4.25. The van der Waals surface area contributed by atoms with Crippen LogP contribution in [0, 0.1) is 0 Å². The molecule has 1 N–H and O–H groups in total. The molecule has 0 saturated carbocycles. The number of fused-ring (bicyclic) bond motifs is 1. The molecule has 21 heavy (non-hydrogen) atoms. The molecular weight excluding hydrogens is 285 g/mol. The Hall–Kier alpha value is -2.70. The second-order valence-electron chi connectivity index (χ2n) is 4.20. The molecule has 0 spiro atoms. The standard InChI is InChI=1S/C14H9F3N2O2/c15-14(16,17)21-10-3-1-9(2-4-10)20-11-5-6-12-13(7-11)19-8-18-12/h1-8H,(H,18,19). The Bertz CT molecular complexity index is 751. The SMILES string of the molecule is FC(F)(F)Oc1ccc(Oc2ccc3nc[nH]c3c2)cc1. The number of ether oxygens (including phenoxy) is 2. The van der Waals surface area contributed by atoms with Gasteiger partial charge < -0.3 is 14.5 Å². The van der Waals surface area contributed by atoms with E-state index in [0.717, 1.165) is 11.0 Å². The molecule has 0 unspecified atom stereocenters. The molecule has 0 amide bonds. The summed E-state index contributed by atoms with van der Waals surface area (Å²) in [5, 5.41) is 0. The molecule has 3 aromatic rings. The third kappa shape index (κ3) is 3.25. The fraction of sp³-hybridized carbons (Fsp3) is 0.0714. The molecule has 0 atom stereocenters. The van der Waals surface area contributed by atoms with Crippen molar-refractivity contribution in [3.05, 3.63) is 48.8 Å². The lowest BCUT2D eigenvalue weighted by Crippen LogP contribution is -2.16. The van der Waals surface area contributed by atoms with Crippen LogP contribution in [0.5, 0.6) is 17.2 Å². The Morgan fingerprint density at radius 3 is 2.29 bits per heavy atom. The van der Waals surface area contributed by atoms with Gasteiger partial charge in [0.2, 0.25) is 0 Å². The summed E-state index contributed by atoms with van der Waals surface area (Å²) >= 11 is 0. The molecule has 3 rings (SSSR count). The van der Waals surface area contributed by atoms with Crippen molar-refractivity contribution >= 4 is 11.0 Å². The number of hydrogen-bond donors (Lipinski definition) is 1. The quantitative estimate of drug-likeness (QED) is 0.785. The Labute approximate surface area is 117 Å². The largest absolute Gasteiger partial charge is 0.573 e. The summed E-state index contributed by atoms with van der Waals surface area (Å²) in [6.07, 6.45) is -3.13. The average Bonchev–Trinajstić information content (AvgIpc) is 2.87. The van der Waals surface area contributed by atoms with Gasteiger partial charge in [-0.1, -0.05) is 0 Å². The van der Waals surface area contributed by atoms with Gasteiger partial charge in [0.1, 0.15) is 17.2 Å². The lowest BCUT2D eigenvalue weighted by molar-refractivity contribution is -0.274. The molecule has 1 heterocycles. The molecule has 0 aliphatic carbocycles. The molecule has 0 saturated heterocycles. The van der Waals surface area contributed by atoms with Gasteiger partial charge in [0.25, 0.3) is 0 Å². The minimum Gasteiger partial charge on any atom is -0.457 e. The topological polar surface area (TPSA) is 47.1 Å². The van der Waals surface area contributed by atoms with Gasteiger partial charge in [-0.3, -0.25) is 0 Å². The van der Waals surface area contributed by atoms with Crippen LogP contribution in [0.3, 0.4) is 0 Å². The van der Waals surface area contributed by atoms with E-state index in [-0.39, 0.29) is 5.75 Å². The van der Waals surface area contributed by atoms with Crippen molar-refractivity contribution in [2.24, 2.45) is 0 Å².